The van der Waals surface area contributed by atoms with Gasteiger partial charge in [0, 0.05) is 12.5 Å². The minimum absolute atomic E-state index is 0.268. The van der Waals surface area contributed by atoms with E-state index in [9.17, 15) is 13.6 Å². The van der Waals surface area contributed by atoms with Crippen LogP contribution in [0.25, 0.3) is 0 Å². The lowest BCUT2D eigenvalue weighted by Crippen LogP contribution is -2.35. The molecular formula is C10H17F2NO2. The van der Waals surface area contributed by atoms with E-state index in [1.54, 1.807) is 6.92 Å². The maximum atomic E-state index is 12.9. The molecule has 15 heavy (non-hydrogen) atoms. The first kappa shape index (κ1) is 12.2. The number of nitrogens with zero attached hydrogens (tertiary/aromatic N) is 1. The molecule has 0 N–H and O–H groups in total. The second kappa shape index (κ2) is 4.77. The molecule has 1 aliphatic rings. The summed E-state index contributed by atoms with van der Waals surface area (Å²) in [4.78, 5) is 12.5. The zero-order valence-corrected chi connectivity index (χ0v) is 9.13. The van der Waals surface area contributed by atoms with Crippen LogP contribution < -0.4 is 0 Å². The van der Waals surface area contributed by atoms with E-state index < -0.39 is 24.6 Å². The van der Waals surface area contributed by atoms with Crippen molar-refractivity contribution < 1.29 is 18.3 Å². The van der Waals surface area contributed by atoms with Crippen LogP contribution in [0.3, 0.4) is 0 Å². The van der Waals surface area contributed by atoms with Crippen molar-refractivity contribution in [2.24, 2.45) is 0 Å². The number of alkyl halides is 2. The largest absolute Gasteiger partial charge is 0.449 e. The van der Waals surface area contributed by atoms with Gasteiger partial charge in [-0.05, 0) is 13.3 Å². The highest BCUT2D eigenvalue weighted by Crippen LogP contribution is 2.31. The number of halogens is 2. The second-order valence-corrected chi connectivity index (χ2v) is 4.00. The maximum absolute atomic E-state index is 12.9. The molecule has 1 amide bonds. The van der Waals surface area contributed by atoms with Crippen LogP contribution in [0.1, 0.15) is 33.1 Å². The Morgan fingerprint density at radius 1 is 1.60 bits per heavy atom. The molecule has 0 aliphatic carbocycles. The van der Waals surface area contributed by atoms with Crippen LogP contribution in [-0.4, -0.2) is 36.1 Å². The van der Waals surface area contributed by atoms with E-state index in [0.29, 0.717) is 6.61 Å². The topological polar surface area (TPSA) is 29.5 Å². The molecule has 0 unspecified atom stereocenters. The van der Waals surface area contributed by atoms with Crippen molar-refractivity contribution >= 4 is 6.09 Å². The smallest absolute Gasteiger partial charge is 0.410 e. The molecule has 5 heteroatoms. The quantitative estimate of drug-likeness (QED) is 0.686. The van der Waals surface area contributed by atoms with Gasteiger partial charge in [0.1, 0.15) is 0 Å². The number of carbonyl (C=O) groups is 1. The third-order valence-corrected chi connectivity index (χ3v) is 2.49. The normalized spacial score (nSPS) is 24.3. The molecule has 1 aliphatic heterocycles. The summed E-state index contributed by atoms with van der Waals surface area (Å²) < 4.78 is 30.8. The van der Waals surface area contributed by atoms with Crippen LogP contribution in [-0.2, 0) is 4.74 Å². The Kier molecular flexibility index (Phi) is 3.88. The minimum Gasteiger partial charge on any atom is -0.449 e. The van der Waals surface area contributed by atoms with E-state index in [2.05, 4.69) is 0 Å². The number of unbranched alkanes of at least 4 members (excludes halogenated alkanes) is 1. The summed E-state index contributed by atoms with van der Waals surface area (Å²) in [5.74, 6) is -2.76. The van der Waals surface area contributed by atoms with Crippen molar-refractivity contribution in [2.75, 3.05) is 13.2 Å². The fourth-order valence-electron chi connectivity index (χ4n) is 1.64. The molecule has 1 fully saturated rings. The third kappa shape index (κ3) is 3.32. The van der Waals surface area contributed by atoms with Gasteiger partial charge in [0.2, 0.25) is 0 Å². The molecule has 1 heterocycles. The van der Waals surface area contributed by atoms with Gasteiger partial charge in [-0.25, -0.2) is 13.6 Å². The number of ether oxygens (including phenoxy) is 1. The molecule has 0 aromatic rings. The first-order valence-electron chi connectivity index (χ1n) is 5.27. The van der Waals surface area contributed by atoms with Crippen molar-refractivity contribution in [1.82, 2.24) is 4.90 Å². The average Bonchev–Trinajstić information content (AvgIpc) is 2.40. The van der Waals surface area contributed by atoms with Gasteiger partial charge in [0.15, 0.2) is 0 Å². The van der Waals surface area contributed by atoms with Gasteiger partial charge < -0.3 is 4.74 Å². The third-order valence-electron chi connectivity index (χ3n) is 2.49. The Morgan fingerprint density at radius 2 is 2.27 bits per heavy atom. The predicted molar refractivity (Wildman–Crippen MR) is 52.0 cm³/mol. The number of carbonyl (C=O) groups excluding carboxylic acids is 1. The van der Waals surface area contributed by atoms with Crippen molar-refractivity contribution in [3.05, 3.63) is 0 Å². The second-order valence-electron chi connectivity index (χ2n) is 4.00. The highest BCUT2D eigenvalue weighted by atomic mass is 19.3. The van der Waals surface area contributed by atoms with Gasteiger partial charge in [-0.2, -0.15) is 0 Å². The first-order chi connectivity index (χ1) is 6.96. The molecule has 0 spiro atoms. The zero-order valence-electron chi connectivity index (χ0n) is 9.13. The fraction of sp³-hybridized carbons (Fsp3) is 0.900. The fourth-order valence-corrected chi connectivity index (χ4v) is 1.64. The lowest BCUT2D eigenvalue weighted by Gasteiger charge is -2.19. The van der Waals surface area contributed by atoms with Crippen molar-refractivity contribution in [1.29, 1.82) is 0 Å². The number of rotatable bonds is 3. The zero-order chi connectivity index (χ0) is 11.5. The number of amides is 1. The van der Waals surface area contributed by atoms with Gasteiger partial charge in [0.05, 0.1) is 13.2 Å². The summed E-state index contributed by atoms with van der Waals surface area (Å²) in [5.41, 5.74) is 0. The van der Waals surface area contributed by atoms with E-state index in [1.807, 2.05) is 6.92 Å². The Hall–Kier alpha value is -0.870. The van der Waals surface area contributed by atoms with Crippen LogP contribution in [0, 0.1) is 0 Å². The highest BCUT2D eigenvalue weighted by Gasteiger charge is 2.45. The minimum atomic E-state index is -2.76. The number of likely N-dealkylation sites (tertiary alicyclic amines) is 1. The summed E-state index contributed by atoms with van der Waals surface area (Å²) in [6, 6.07) is -0.436. The summed E-state index contributed by atoms with van der Waals surface area (Å²) >= 11 is 0. The van der Waals surface area contributed by atoms with Crippen LogP contribution in [0.2, 0.25) is 0 Å². The van der Waals surface area contributed by atoms with Gasteiger partial charge in [0.25, 0.3) is 5.92 Å². The highest BCUT2D eigenvalue weighted by molar-refractivity contribution is 5.68. The van der Waals surface area contributed by atoms with Crippen LogP contribution in [0.5, 0.6) is 0 Å². The lowest BCUT2D eigenvalue weighted by molar-refractivity contribution is 0.0105. The first-order valence-corrected chi connectivity index (χ1v) is 5.27. The van der Waals surface area contributed by atoms with Crippen molar-refractivity contribution in [3.63, 3.8) is 0 Å². The van der Waals surface area contributed by atoms with Gasteiger partial charge in [-0.1, -0.05) is 13.3 Å². The van der Waals surface area contributed by atoms with E-state index in [0.717, 1.165) is 17.7 Å². The molecule has 1 rings (SSSR count). The Bertz CT molecular complexity index is 233. The van der Waals surface area contributed by atoms with Crippen LogP contribution >= 0.6 is 0 Å². The molecular weight excluding hydrogens is 204 g/mol. The van der Waals surface area contributed by atoms with Crippen LogP contribution in [0.15, 0.2) is 0 Å². The molecule has 88 valence electrons. The Morgan fingerprint density at radius 3 is 2.73 bits per heavy atom. The molecule has 0 radical (unpaired) electrons. The molecule has 0 bridgehead atoms. The van der Waals surface area contributed by atoms with Gasteiger partial charge in [-0.15, -0.1) is 0 Å². The van der Waals surface area contributed by atoms with E-state index in [-0.39, 0.29) is 6.42 Å². The van der Waals surface area contributed by atoms with Crippen LogP contribution in [0.4, 0.5) is 13.6 Å². The average molecular weight is 221 g/mol. The van der Waals surface area contributed by atoms with Crippen molar-refractivity contribution in [3.8, 4) is 0 Å². The number of hydrogen-bond donors (Lipinski definition) is 0. The van der Waals surface area contributed by atoms with E-state index in [4.69, 9.17) is 4.74 Å². The summed E-state index contributed by atoms with van der Waals surface area (Å²) in [6.07, 6.45) is 0.798. The Balaban J connectivity index is 2.40. The van der Waals surface area contributed by atoms with Gasteiger partial charge >= 0.3 is 6.09 Å². The number of hydrogen-bond acceptors (Lipinski definition) is 2. The lowest BCUT2D eigenvalue weighted by atomic mass is 10.2. The molecule has 0 aromatic carbocycles. The standard InChI is InChI=1S/C10H17F2NO2/c1-3-4-5-15-9(14)13-7-10(11,12)6-8(13)2/h8H,3-7H2,1-2H3/t8-/m0/s1. The molecule has 1 saturated heterocycles. The monoisotopic (exact) mass is 221 g/mol. The summed E-state index contributed by atoms with van der Waals surface area (Å²) in [5, 5.41) is 0. The SMILES string of the molecule is CCCCOC(=O)N1CC(F)(F)C[C@@H]1C. The summed E-state index contributed by atoms with van der Waals surface area (Å²) in [7, 11) is 0. The predicted octanol–water partition coefficient (Wildman–Crippen LogP) is 2.65. The molecule has 0 aromatic heterocycles. The maximum Gasteiger partial charge on any atom is 0.410 e. The molecule has 3 nitrogen and oxygen atoms in total. The van der Waals surface area contributed by atoms with E-state index in [1.165, 1.54) is 0 Å². The van der Waals surface area contributed by atoms with E-state index >= 15 is 0 Å². The Labute approximate surface area is 88.4 Å². The van der Waals surface area contributed by atoms with Crippen molar-refractivity contribution in [2.45, 2.75) is 45.1 Å². The van der Waals surface area contributed by atoms with Gasteiger partial charge in [-0.3, -0.25) is 4.90 Å². The molecule has 0 saturated carbocycles. The molecule has 1 atom stereocenters. The summed E-state index contributed by atoms with van der Waals surface area (Å²) in [6.45, 7) is 3.38.